The fraction of sp³-hybridized carbons (Fsp3) is 0.368. The standard InChI is InChI=1S/C19H25FN4/c20-17-8-4-7-16(18(22)13-21)19(17)24-11-9-23(10-12-24)14-15-5-2-1-3-6-15/h1-8,18H,9-14,21-22H2. The molecular formula is C19H25FN4. The van der Waals surface area contributed by atoms with Gasteiger partial charge in [-0.25, -0.2) is 4.39 Å². The van der Waals surface area contributed by atoms with Crippen LogP contribution >= 0.6 is 0 Å². The van der Waals surface area contributed by atoms with Gasteiger partial charge in [0.2, 0.25) is 0 Å². The largest absolute Gasteiger partial charge is 0.366 e. The van der Waals surface area contributed by atoms with E-state index in [1.807, 2.05) is 12.1 Å². The highest BCUT2D eigenvalue weighted by molar-refractivity contribution is 5.56. The van der Waals surface area contributed by atoms with Crippen LogP contribution in [-0.2, 0) is 6.54 Å². The summed E-state index contributed by atoms with van der Waals surface area (Å²) in [4.78, 5) is 4.50. The van der Waals surface area contributed by atoms with E-state index in [9.17, 15) is 4.39 Å². The minimum Gasteiger partial charge on any atom is -0.366 e. The maximum Gasteiger partial charge on any atom is 0.146 e. The van der Waals surface area contributed by atoms with Gasteiger partial charge in [0, 0.05) is 45.3 Å². The highest BCUT2D eigenvalue weighted by atomic mass is 19.1. The molecule has 0 bridgehead atoms. The molecule has 0 aliphatic carbocycles. The number of nitrogens with zero attached hydrogens (tertiary/aromatic N) is 2. The van der Waals surface area contributed by atoms with Gasteiger partial charge in [-0.1, -0.05) is 42.5 Å². The molecule has 1 aliphatic heterocycles. The molecule has 1 unspecified atom stereocenters. The van der Waals surface area contributed by atoms with Gasteiger partial charge in [-0.05, 0) is 17.2 Å². The van der Waals surface area contributed by atoms with Gasteiger partial charge in [0.15, 0.2) is 0 Å². The Kier molecular flexibility index (Phi) is 5.45. The van der Waals surface area contributed by atoms with Crippen molar-refractivity contribution in [2.75, 3.05) is 37.6 Å². The Morgan fingerprint density at radius 1 is 0.958 bits per heavy atom. The zero-order chi connectivity index (χ0) is 16.9. The van der Waals surface area contributed by atoms with E-state index in [4.69, 9.17) is 11.5 Å². The van der Waals surface area contributed by atoms with Gasteiger partial charge in [-0.2, -0.15) is 0 Å². The lowest BCUT2D eigenvalue weighted by molar-refractivity contribution is 0.249. The first-order valence-corrected chi connectivity index (χ1v) is 8.44. The first kappa shape index (κ1) is 16.9. The number of para-hydroxylation sites is 1. The molecule has 4 nitrogen and oxygen atoms in total. The smallest absolute Gasteiger partial charge is 0.146 e. The molecule has 0 amide bonds. The first-order chi connectivity index (χ1) is 11.7. The minimum atomic E-state index is -0.335. The van der Waals surface area contributed by atoms with Crippen molar-refractivity contribution in [2.24, 2.45) is 11.5 Å². The molecule has 5 heteroatoms. The third-order valence-corrected chi connectivity index (χ3v) is 4.61. The van der Waals surface area contributed by atoms with Crippen molar-refractivity contribution in [3.8, 4) is 0 Å². The normalized spacial score (nSPS) is 17.0. The van der Waals surface area contributed by atoms with Crippen molar-refractivity contribution in [3.63, 3.8) is 0 Å². The number of halogens is 1. The predicted molar refractivity (Wildman–Crippen MR) is 96.3 cm³/mol. The molecule has 2 aromatic rings. The van der Waals surface area contributed by atoms with Gasteiger partial charge in [-0.3, -0.25) is 4.90 Å². The molecule has 1 fully saturated rings. The van der Waals surface area contributed by atoms with Gasteiger partial charge in [0.25, 0.3) is 0 Å². The maximum atomic E-state index is 14.4. The van der Waals surface area contributed by atoms with Gasteiger partial charge < -0.3 is 16.4 Å². The highest BCUT2D eigenvalue weighted by Gasteiger charge is 2.23. The molecule has 1 saturated heterocycles. The summed E-state index contributed by atoms with van der Waals surface area (Å²) in [5, 5.41) is 0. The Hall–Kier alpha value is -1.95. The predicted octanol–water partition coefficient (Wildman–Crippen LogP) is 2.11. The average molecular weight is 328 g/mol. The zero-order valence-corrected chi connectivity index (χ0v) is 13.9. The summed E-state index contributed by atoms with van der Waals surface area (Å²) in [6.45, 7) is 4.63. The fourth-order valence-electron chi connectivity index (χ4n) is 3.26. The van der Waals surface area contributed by atoms with Crippen molar-refractivity contribution in [2.45, 2.75) is 12.6 Å². The van der Waals surface area contributed by atoms with Crippen LogP contribution in [0.15, 0.2) is 48.5 Å². The SMILES string of the molecule is NCC(N)c1cccc(F)c1N1CCN(Cc2ccccc2)CC1. The molecule has 3 rings (SSSR count). The molecule has 0 aromatic heterocycles. The molecule has 2 aromatic carbocycles. The summed E-state index contributed by atoms with van der Waals surface area (Å²) in [7, 11) is 0. The van der Waals surface area contributed by atoms with Crippen LogP contribution < -0.4 is 16.4 Å². The monoisotopic (exact) mass is 328 g/mol. The Morgan fingerprint density at radius 3 is 2.33 bits per heavy atom. The lowest BCUT2D eigenvalue weighted by atomic mass is 10.0. The van der Waals surface area contributed by atoms with Crippen LogP contribution in [0.5, 0.6) is 0 Å². The van der Waals surface area contributed by atoms with E-state index < -0.39 is 0 Å². The van der Waals surface area contributed by atoms with Gasteiger partial charge in [-0.15, -0.1) is 0 Å². The second-order valence-electron chi connectivity index (χ2n) is 6.27. The maximum absolute atomic E-state index is 14.4. The fourth-order valence-corrected chi connectivity index (χ4v) is 3.26. The molecule has 24 heavy (non-hydrogen) atoms. The summed E-state index contributed by atoms with van der Waals surface area (Å²) in [5.74, 6) is -0.215. The minimum absolute atomic E-state index is 0.215. The zero-order valence-electron chi connectivity index (χ0n) is 13.9. The van der Waals surface area contributed by atoms with Crippen molar-refractivity contribution in [1.29, 1.82) is 0 Å². The Bertz CT molecular complexity index is 654. The number of hydrogen-bond acceptors (Lipinski definition) is 4. The Morgan fingerprint density at radius 2 is 1.67 bits per heavy atom. The van der Waals surface area contributed by atoms with E-state index in [-0.39, 0.29) is 11.9 Å². The average Bonchev–Trinajstić information content (AvgIpc) is 2.62. The molecule has 0 radical (unpaired) electrons. The highest BCUT2D eigenvalue weighted by Crippen LogP contribution is 2.29. The molecule has 4 N–H and O–H groups in total. The Labute approximate surface area is 142 Å². The molecule has 128 valence electrons. The van der Waals surface area contributed by atoms with E-state index >= 15 is 0 Å². The molecular weight excluding hydrogens is 303 g/mol. The van der Waals surface area contributed by atoms with Crippen molar-refractivity contribution >= 4 is 5.69 Å². The lowest BCUT2D eigenvalue weighted by Gasteiger charge is -2.37. The summed E-state index contributed by atoms with van der Waals surface area (Å²) in [6.07, 6.45) is 0. The van der Waals surface area contributed by atoms with Crippen LogP contribution in [0, 0.1) is 5.82 Å². The van der Waals surface area contributed by atoms with Crippen LogP contribution in [0.4, 0.5) is 10.1 Å². The van der Waals surface area contributed by atoms with Gasteiger partial charge in [0.05, 0.1) is 5.69 Å². The number of anilines is 1. The summed E-state index contributed by atoms with van der Waals surface area (Å²) in [5.41, 5.74) is 14.5. The number of hydrogen-bond donors (Lipinski definition) is 2. The quantitative estimate of drug-likeness (QED) is 0.882. The van der Waals surface area contributed by atoms with Crippen LogP contribution in [0.25, 0.3) is 0 Å². The Balaban J connectivity index is 1.69. The number of nitrogens with two attached hydrogens (primary N) is 2. The molecule has 1 heterocycles. The van der Waals surface area contributed by atoms with Crippen LogP contribution in [-0.4, -0.2) is 37.6 Å². The summed E-state index contributed by atoms with van der Waals surface area (Å²) < 4.78 is 14.4. The number of rotatable bonds is 5. The van der Waals surface area contributed by atoms with E-state index in [0.29, 0.717) is 12.2 Å². The number of benzene rings is 2. The second kappa shape index (κ2) is 7.75. The van der Waals surface area contributed by atoms with Crippen molar-refractivity contribution < 1.29 is 4.39 Å². The van der Waals surface area contributed by atoms with Crippen LogP contribution in [0.1, 0.15) is 17.2 Å². The van der Waals surface area contributed by atoms with Crippen molar-refractivity contribution in [1.82, 2.24) is 4.90 Å². The molecule has 1 atom stereocenters. The first-order valence-electron chi connectivity index (χ1n) is 8.44. The van der Waals surface area contributed by atoms with Crippen LogP contribution in [0.2, 0.25) is 0 Å². The van der Waals surface area contributed by atoms with E-state index in [1.165, 1.54) is 11.6 Å². The van der Waals surface area contributed by atoms with E-state index in [0.717, 1.165) is 38.3 Å². The summed E-state index contributed by atoms with van der Waals surface area (Å²) >= 11 is 0. The van der Waals surface area contributed by atoms with E-state index in [2.05, 4.69) is 34.1 Å². The summed E-state index contributed by atoms with van der Waals surface area (Å²) in [6, 6.07) is 15.2. The van der Waals surface area contributed by atoms with Gasteiger partial charge in [0.1, 0.15) is 5.82 Å². The van der Waals surface area contributed by atoms with Gasteiger partial charge >= 0.3 is 0 Å². The third kappa shape index (κ3) is 3.75. The van der Waals surface area contributed by atoms with Crippen molar-refractivity contribution in [3.05, 3.63) is 65.5 Å². The number of piperazine rings is 1. The second-order valence-corrected chi connectivity index (χ2v) is 6.27. The van der Waals surface area contributed by atoms with Crippen LogP contribution in [0.3, 0.4) is 0 Å². The third-order valence-electron chi connectivity index (χ3n) is 4.61. The lowest BCUT2D eigenvalue weighted by Crippen LogP contribution is -2.46. The topological polar surface area (TPSA) is 58.5 Å². The van der Waals surface area contributed by atoms with E-state index in [1.54, 1.807) is 6.07 Å². The molecule has 1 aliphatic rings. The molecule has 0 spiro atoms. The molecule has 0 saturated carbocycles.